The van der Waals surface area contributed by atoms with Crippen LogP contribution in [0.2, 0.25) is 0 Å². The molecular formula is C10H20O7. The lowest BCUT2D eigenvalue weighted by Crippen LogP contribution is -2.60. The standard InChI is InChI=1S/C10H20O7/c1-10(16-2)3-5(12)7(14)9(17-10)8(15)6(13)4-11/h5-9,11-15H,3-4H2,1-2H3. The third kappa shape index (κ3) is 3.14. The summed E-state index contributed by atoms with van der Waals surface area (Å²) in [5.74, 6) is -1.15. The molecule has 0 amide bonds. The first kappa shape index (κ1) is 14.8. The Kier molecular flexibility index (Phi) is 4.85. The Bertz CT molecular complexity index is 249. The predicted molar refractivity (Wildman–Crippen MR) is 56.0 cm³/mol. The maximum atomic E-state index is 9.70. The summed E-state index contributed by atoms with van der Waals surface area (Å²) in [6, 6.07) is 0. The van der Waals surface area contributed by atoms with Gasteiger partial charge in [-0.15, -0.1) is 0 Å². The summed E-state index contributed by atoms with van der Waals surface area (Å²) in [4.78, 5) is 0. The Labute approximate surface area is 99.2 Å². The Balaban J connectivity index is 2.81. The van der Waals surface area contributed by atoms with Crippen molar-refractivity contribution in [3.05, 3.63) is 0 Å². The molecule has 7 heteroatoms. The Morgan fingerprint density at radius 2 is 2.00 bits per heavy atom. The van der Waals surface area contributed by atoms with E-state index in [1.807, 2.05) is 0 Å². The molecule has 17 heavy (non-hydrogen) atoms. The van der Waals surface area contributed by atoms with E-state index in [1.54, 1.807) is 6.92 Å². The molecule has 1 heterocycles. The number of aliphatic hydroxyl groups is 5. The third-order valence-corrected chi connectivity index (χ3v) is 3.05. The van der Waals surface area contributed by atoms with E-state index in [1.165, 1.54) is 7.11 Å². The van der Waals surface area contributed by atoms with Crippen molar-refractivity contribution in [3.8, 4) is 0 Å². The van der Waals surface area contributed by atoms with Gasteiger partial charge in [0.15, 0.2) is 5.79 Å². The number of rotatable bonds is 4. The second-order valence-electron chi connectivity index (χ2n) is 4.42. The van der Waals surface area contributed by atoms with Gasteiger partial charge in [0.25, 0.3) is 0 Å². The van der Waals surface area contributed by atoms with Crippen LogP contribution in [0.25, 0.3) is 0 Å². The lowest BCUT2D eigenvalue weighted by atomic mass is 9.91. The average molecular weight is 252 g/mol. The van der Waals surface area contributed by atoms with Crippen molar-refractivity contribution in [1.82, 2.24) is 0 Å². The molecule has 0 saturated carbocycles. The molecule has 6 atom stereocenters. The van der Waals surface area contributed by atoms with Crippen LogP contribution in [0.3, 0.4) is 0 Å². The smallest absolute Gasteiger partial charge is 0.168 e. The second-order valence-corrected chi connectivity index (χ2v) is 4.42. The van der Waals surface area contributed by atoms with E-state index in [4.69, 9.17) is 14.6 Å². The van der Waals surface area contributed by atoms with Crippen molar-refractivity contribution in [2.45, 2.75) is 49.7 Å². The summed E-state index contributed by atoms with van der Waals surface area (Å²) in [6.45, 7) is 0.876. The number of aliphatic hydroxyl groups excluding tert-OH is 5. The first-order valence-corrected chi connectivity index (χ1v) is 5.40. The van der Waals surface area contributed by atoms with Gasteiger partial charge in [0.05, 0.1) is 12.7 Å². The average Bonchev–Trinajstić information content (AvgIpc) is 2.32. The molecule has 1 aliphatic rings. The Morgan fingerprint density at radius 1 is 1.41 bits per heavy atom. The Hall–Kier alpha value is -0.280. The molecule has 0 spiro atoms. The van der Waals surface area contributed by atoms with Crippen molar-refractivity contribution in [2.24, 2.45) is 0 Å². The van der Waals surface area contributed by atoms with Gasteiger partial charge in [-0.3, -0.25) is 0 Å². The van der Waals surface area contributed by atoms with Gasteiger partial charge in [-0.1, -0.05) is 0 Å². The molecule has 0 radical (unpaired) electrons. The maximum absolute atomic E-state index is 9.70. The molecule has 1 aliphatic heterocycles. The van der Waals surface area contributed by atoms with Crippen LogP contribution in [0, 0.1) is 0 Å². The van der Waals surface area contributed by atoms with Gasteiger partial charge >= 0.3 is 0 Å². The zero-order valence-electron chi connectivity index (χ0n) is 9.85. The first-order chi connectivity index (χ1) is 7.84. The van der Waals surface area contributed by atoms with E-state index in [-0.39, 0.29) is 6.42 Å². The van der Waals surface area contributed by atoms with E-state index in [0.717, 1.165) is 0 Å². The minimum atomic E-state index is -1.51. The second kappa shape index (κ2) is 5.57. The molecule has 0 aromatic rings. The van der Waals surface area contributed by atoms with Crippen LogP contribution in [-0.2, 0) is 9.47 Å². The van der Waals surface area contributed by atoms with Crippen LogP contribution in [-0.4, -0.2) is 75.6 Å². The van der Waals surface area contributed by atoms with Crippen LogP contribution in [0.4, 0.5) is 0 Å². The van der Waals surface area contributed by atoms with Gasteiger partial charge < -0.3 is 35.0 Å². The zero-order valence-corrected chi connectivity index (χ0v) is 9.85. The van der Waals surface area contributed by atoms with Gasteiger partial charge in [0.1, 0.15) is 24.4 Å². The van der Waals surface area contributed by atoms with Gasteiger partial charge in [0.2, 0.25) is 0 Å². The third-order valence-electron chi connectivity index (χ3n) is 3.05. The van der Waals surface area contributed by atoms with Crippen molar-refractivity contribution in [1.29, 1.82) is 0 Å². The molecule has 0 aromatic carbocycles. The monoisotopic (exact) mass is 252 g/mol. The van der Waals surface area contributed by atoms with Crippen LogP contribution < -0.4 is 0 Å². The summed E-state index contributed by atoms with van der Waals surface area (Å²) < 4.78 is 10.4. The van der Waals surface area contributed by atoms with E-state index in [0.29, 0.717) is 0 Å². The van der Waals surface area contributed by atoms with Crippen molar-refractivity contribution in [2.75, 3.05) is 13.7 Å². The Morgan fingerprint density at radius 3 is 2.47 bits per heavy atom. The minimum absolute atomic E-state index is 0.0447. The van der Waals surface area contributed by atoms with Gasteiger partial charge in [-0.25, -0.2) is 0 Å². The summed E-state index contributed by atoms with van der Waals surface area (Å²) >= 11 is 0. The molecule has 5 N–H and O–H groups in total. The number of methoxy groups -OCH3 is 1. The summed E-state index contributed by atoms with van der Waals surface area (Å²) in [6.07, 6.45) is -6.65. The van der Waals surface area contributed by atoms with Crippen LogP contribution in [0.1, 0.15) is 13.3 Å². The minimum Gasteiger partial charge on any atom is -0.394 e. The van der Waals surface area contributed by atoms with Crippen molar-refractivity contribution in [3.63, 3.8) is 0 Å². The lowest BCUT2D eigenvalue weighted by molar-refractivity contribution is -0.321. The largest absolute Gasteiger partial charge is 0.394 e. The molecule has 102 valence electrons. The van der Waals surface area contributed by atoms with Gasteiger partial charge in [0, 0.05) is 13.5 Å². The van der Waals surface area contributed by atoms with Crippen molar-refractivity contribution >= 4 is 0 Å². The van der Waals surface area contributed by atoms with Crippen LogP contribution >= 0.6 is 0 Å². The highest BCUT2D eigenvalue weighted by molar-refractivity contribution is 4.93. The quantitative estimate of drug-likeness (QED) is 0.377. The SMILES string of the molecule is COC1(C)CC(O)C(O)C(C(O)C(O)CO)O1. The lowest BCUT2D eigenvalue weighted by Gasteiger charge is -2.44. The fourth-order valence-corrected chi connectivity index (χ4v) is 1.86. The van der Waals surface area contributed by atoms with E-state index in [2.05, 4.69) is 0 Å². The molecule has 0 aromatic heterocycles. The molecule has 1 saturated heterocycles. The van der Waals surface area contributed by atoms with Gasteiger partial charge in [-0.2, -0.15) is 0 Å². The number of hydrogen-bond donors (Lipinski definition) is 5. The predicted octanol–water partition coefficient (Wildman–Crippen LogP) is -2.43. The van der Waals surface area contributed by atoms with Crippen molar-refractivity contribution < 1.29 is 35.0 Å². The molecule has 7 nitrogen and oxygen atoms in total. The summed E-state index contributed by atoms with van der Waals surface area (Å²) in [7, 11) is 1.37. The topological polar surface area (TPSA) is 120 Å². The fourth-order valence-electron chi connectivity index (χ4n) is 1.86. The normalized spacial score (nSPS) is 42.2. The summed E-state index contributed by atoms with van der Waals surface area (Å²) in [5.41, 5.74) is 0. The van der Waals surface area contributed by atoms with Gasteiger partial charge in [-0.05, 0) is 6.92 Å². The highest BCUT2D eigenvalue weighted by Gasteiger charge is 2.47. The summed E-state index contributed by atoms with van der Waals surface area (Å²) in [5, 5.41) is 47.1. The van der Waals surface area contributed by atoms with E-state index < -0.39 is 42.9 Å². The molecule has 1 rings (SSSR count). The molecule has 1 fully saturated rings. The van der Waals surface area contributed by atoms with Crippen LogP contribution in [0.15, 0.2) is 0 Å². The zero-order chi connectivity index (χ0) is 13.2. The van der Waals surface area contributed by atoms with E-state index in [9.17, 15) is 20.4 Å². The first-order valence-electron chi connectivity index (χ1n) is 5.40. The molecule has 0 aliphatic carbocycles. The number of ether oxygens (including phenoxy) is 2. The highest BCUT2D eigenvalue weighted by atomic mass is 16.7. The fraction of sp³-hybridized carbons (Fsp3) is 1.00. The van der Waals surface area contributed by atoms with Crippen LogP contribution in [0.5, 0.6) is 0 Å². The molecule has 0 bridgehead atoms. The molecular weight excluding hydrogens is 232 g/mol. The highest BCUT2D eigenvalue weighted by Crippen LogP contribution is 2.31. The van der Waals surface area contributed by atoms with E-state index >= 15 is 0 Å². The maximum Gasteiger partial charge on any atom is 0.168 e. The molecule has 6 unspecified atom stereocenters. The number of hydrogen-bond acceptors (Lipinski definition) is 7.